The molecule has 4 rings (SSSR count). The molecule has 2 aromatic rings. The van der Waals surface area contributed by atoms with Crippen molar-refractivity contribution in [1.82, 2.24) is 9.97 Å². The number of aromatic nitrogens is 2. The zero-order valence-corrected chi connectivity index (χ0v) is 16.0. The number of benzene rings is 1. The fourth-order valence-electron chi connectivity index (χ4n) is 4.11. The van der Waals surface area contributed by atoms with Crippen molar-refractivity contribution >= 4 is 11.8 Å². The molecule has 0 unspecified atom stereocenters. The molecule has 1 N–H and O–H groups in total. The molecule has 8 nitrogen and oxygen atoms in total. The summed E-state index contributed by atoms with van der Waals surface area (Å²) in [6.45, 7) is 2.06. The van der Waals surface area contributed by atoms with E-state index in [1.54, 1.807) is 20.4 Å². The Morgan fingerprint density at radius 3 is 2.57 bits per heavy atom. The molecule has 2 aliphatic rings. The molecular formula is C20H23N3O5. The molecule has 0 atom stereocenters. The zero-order valence-electron chi connectivity index (χ0n) is 16.0. The number of carboxylic acid groups (broad SMARTS) is 1. The first-order valence-electron chi connectivity index (χ1n) is 9.26. The van der Waals surface area contributed by atoms with Crippen molar-refractivity contribution in [3.05, 3.63) is 41.3 Å². The van der Waals surface area contributed by atoms with Gasteiger partial charge in [-0.05, 0) is 42.5 Å². The van der Waals surface area contributed by atoms with Crippen molar-refractivity contribution < 1.29 is 24.1 Å². The quantitative estimate of drug-likeness (QED) is 0.857. The van der Waals surface area contributed by atoms with Crippen LogP contribution in [0.5, 0.6) is 11.5 Å². The van der Waals surface area contributed by atoms with Crippen LogP contribution in [0.25, 0.3) is 0 Å². The minimum atomic E-state index is -1.08. The number of rotatable bonds is 4. The summed E-state index contributed by atoms with van der Waals surface area (Å²) in [6, 6.07) is 4.08. The van der Waals surface area contributed by atoms with Crippen molar-refractivity contribution in [2.24, 2.45) is 0 Å². The number of anilines is 1. The van der Waals surface area contributed by atoms with E-state index in [0.29, 0.717) is 31.3 Å². The van der Waals surface area contributed by atoms with E-state index >= 15 is 0 Å². The molecule has 2 aliphatic heterocycles. The zero-order chi connectivity index (χ0) is 19.7. The van der Waals surface area contributed by atoms with Gasteiger partial charge in [-0.25, -0.2) is 9.78 Å². The number of hydrogen-bond acceptors (Lipinski definition) is 7. The van der Waals surface area contributed by atoms with Gasteiger partial charge in [0.25, 0.3) is 0 Å². The number of aromatic carboxylic acids is 1. The fraction of sp³-hybridized carbons (Fsp3) is 0.450. The van der Waals surface area contributed by atoms with Gasteiger partial charge in [0.1, 0.15) is 5.82 Å². The van der Waals surface area contributed by atoms with Crippen LogP contribution < -0.4 is 14.4 Å². The second-order valence-electron chi connectivity index (χ2n) is 7.01. The van der Waals surface area contributed by atoms with Crippen molar-refractivity contribution in [2.75, 3.05) is 38.8 Å². The number of hydrogen-bond donors (Lipinski definition) is 1. The van der Waals surface area contributed by atoms with Crippen LogP contribution in [0.1, 0.15) is 34.5 Å². The lowest BCUT2D eigenvalue weighted by atomic mass is 9.79. The Labute approximate surface area is 163 Å². The second-order valence-corrected chi connectivity index (χ2v) is 7.01. The van der Waals surface area contributed by atoms with Crippen LogP contribution in [0.15, 0.2) is 24.5 Å². The number of carboxylic acids is 1. The first-order chi connectivity index (χ1) is 13.6. The van der Waals surface area contributed by atoms with Crippen LogP contribution in [0, 0.1) is 0 Å². The van der Waals surface area contributed by atoms with E-state index in [1.807, 2.05) is 12.1 Å². The molecule has 148 valence electrons. The summed E-state index contributed by atoms with van der Waals surface area (Å²) in [6.07, 6.45) is 5.25. The maximum absolute atomic E-state index is 11.2. The Morgan fingerprint density at radius 2 is 1.89 bits per heavy atom. The van der Waals surface area contributed by atoms with E-state index in [4.69, 9.17) is 19.3 Å². The predicted molar refractivity (Wildman–Crippen MR) is 101 cm³/mol. The molecule has 3 heterocycles. The third-order valence-electron chi connectivity index (χ3n) is 5.59. The standard InChI is InChI=1S/C20H23N3O5/c1-26-16-9-13-3-8-28-20(14(13)10-17(16)27-2)4-6-23(7-5-20)18-12-21-11-15(22-18)19(24)25/h9-12H,3-8H2,1-2H3,(H,24,25). The summed E-state index contributed by atoms with van der Waals surface area (Å²) >= 11 is 0. The van der Waals surface area contributed by atoms with E-state index in [-0.39, 0.29) is 11.3 Å². The molecule has 1 aromatic heterocycles. The molecule has 0 bridgehead atoms. The van der Waals surface area contributed by atoms with Crippen molar-refractivity contribution in [3.8, 4) is 11.5 Å². The average molecular weight is 385 g/mol. The smallest absolute Gasteiger partial charge is 0.356 e. The van der Waals surface area contributed by atoms with E-state index < -0.39 is 5.97 Å². The Kier molecular flexibility index (Phi) is 4.80. The summed E-state index contributed by atoms with van der Waals surface area (Å²) in [5.74, 6) is 0.941. The van der Waals surface area contributed by atoms with Gasteiger partial charge in [-0.3, -0.25) is 4.98 Å². The number of nitrogens with zero attached hydrogens (tertiary/aromatic N) is 3. The number of carbonyl (C=O) groups is 1. The Balaban J connectivity index is 1.60. The molecule has 0 radical (unpaired) electrons. The van der Waals surface area contributed by atoms with Gasteiger partial charge < -0.3 is 24.2 Å². The monoisotopic (exact) mass is 385 g/mol. The second kappa shape index (κ2) is 7.27. The first-order valence-corrected chi connectivity index (χ1v) is 9.26. The van der Waals surface area contributed by atoms with Gasteiger partial charge >= 0.3 is 5.97 Å². The molecule has 8 heteroatoms. The highest BCUT2D eigenvalue weighted by molar-refractivity contribution is 5.85. The Morgan fingerprint density at radius 1 is 1.18 bits per heavy atom. The van der Waals surface area contributed by atoms with E-state index in [2.05, 4.69) is 14.9 Å². The van der Waals surface area contributed by atoms with Gasteiger partial charge in [0, 0.05) is 13.1 Å². The number of methoxy groups -OCH3 is 2. The highest BCUT2D eigenvalue weighted by atomic mass is 16.5. The maximum atomic E-state index is 11.2. The molecule has 1 fully saturated rings. The normalized spacial score (nSPS) is 17.9. The third-order valence-corrected chi connectivity index (χ3v) is 5.59. The van der Waals surface area contributed by atoms with Gasteiger partial charge in [-0.15, -0.1) is 0 Å². The lowest BCUT2D eigenvalue weighted by molar-refractivity contribution is -0.0768. The van der Waals surface area contributed by atoms with Crippen LogP contribution in [-0.4, -0.2) is 55.0 Å². The summed E-state index contributed by atoms with van der Waals surface area (Å²) in [4.78, 5) is 21.5. The summed E-state index contributed by atoms with van der Waals surface area (Å²) in [5, 5.41) is 9.14. The number of piperidine rings is 1. The summed E-state index contributed by atoms with van der Waals surface area (Å²) in [5.41, 5.74) is 1.96. The van der Waals surface area contributed by atoms with Crippen LogP contribution in [-0.2, 0) is 16.8 Å². The van der Waals surface area contributed by atoms with Crippen molar-refractivity contribution in [1.29, 1.82) is 0 Å². The SMILES string of the molecule is COc1cc2c(cc1OC)C1(CCN(c3cncc(C(=O)O)n3)CC1)OCC2. The lowest BCUT2D eigenvalue weighted by Gasteiger charge is -2.45. The van der Waals surface area contributed by atoms with Gasteiger partial charge in [0.05, 0.1) is 38.8 Å². The minimum Gasteiger partial charge on any atom is -0.493 e. The molecule has 1 aromatic carbocycles. The van der Waals surface area contributed by atoms with Gasteiger partial charge in [-0.2, -0.15) is 0 Å². The maximum Gasteiger partial charge on any atom is 0.356 e. The van der Waals surface area contributed by atoms with Crippen LogP contribution >= 0.6 is 0 Å². The first kappa shape index (κ1) is 18.5. The summed E-state index contributed by atoms with van der Waals surface area (Å²) in [7, 11) is 3.28. The van der Waals surface area contributed by atoms with Crippen molar-refractivity contribution in [2.45, 2.75) is 24.9 Å². The predicted octanol–water partition coefficient (Wildman–Crippen LogP) is 2.26. The Bertz CT molecular complexity index is 893. The van der Waals surface area contributed by atoms with Crippen LogP contribution in [0.4, 0.5) is 5.82 Å². The lowest BCUT2D eigenvalue weighted by Crippen LogP contribution is -2.47. The molecular weight excluding hydrogens is 362 g/mol. The fourth-order valence-corrected chi connectivity index (χ4v) is 4.11. The highest BCUT2D eigenvalue weighted by Crippen LogP contribution is 2.45. The average Bonchev–Trinajstić information content (AvgIpc) is 2.73. The molecule has 28 heavy (non-hydrogen) atoms. The van der Waals surface area contributed by atoms with Gasteiger partial charge in [-0.1, -0.05) is 0 Å². The van der Waals surface area contributed by atoms with Crippen LogP contribution in [0.3, 0.4) is 0 Å². The van der Waals surface area contributed by atoms with Gasteiger partial charge in [0.15, 0.2) is 17.2 Å². The largest absolute Gasteiger partial charge is 0.493 e. The third kappa shape index (κ3) is 3.13. The molecule has 0 saturated carbocycles. The van der Waals surface area contributed by atoms with E-state index in [1.165, 1.54) is 11.8 Å². The summed E-state index contributed by atoms with van der Waals surface area (Å²) < 4.78 is 17.2. The van der Waals surface area contributed by atoms with Crippen molar-refractivity contribution in [3.63, 3.8) is 0 Å². The highest BCUT2D eigenvalue weighted by Gasteiger charge is 2.42. The van der Waals surface area contributed by atoms with Gasteiger partial charge in [0.2, 0.25) is 0 Å². The van der Waals surface area contributed by atoms with E-state index in [9.17, 15) is 4.79 Å². The molecule has 1 spiro atoms. The van der Waals surface area contributed by atoms with Crippen LogP contribution in [0.2, 0.25) is 0 Å². The number of fused-ring (bicyclic) bond motifs is 2. The molecule has 1 saturated heterocycles. The Hall–Kier alpha value is -2.87. The van der Waals surface area contributed by atoms with E-state index in [0.717, 1.165) is 30.6 Å². The minimum absolute atomic E-state index is 0.0473. The molecule has 0 amide bonds. The topological polar surface area (TPSA) is 94.0 Å². The molecule has 0 aliphatic carbocycles. The number of ether oxygens (including phenoxy) is 3.